The summed E-state index contributed by atoms with van der Waals surface area (Å²) in [5.74, 6) is 1.32. The van der Waals surface area contributed by atoms with E-state index in [-0.39, 0.29) is 6.04 Å². The van der Waals surface area contributed by atoms with Crippen LogP contribution in [0.3, 0.4) is 0 Å². The Morgan fingerprint density at radius 2 is 2.10 bits per heavy atom. The molecule has 1 aromatic carbocycles. The first-order valence-corrected chi connectivity index (χ1v) is 7.09. The molecule has 0 fully saturated rings. The summed E-state index contributed by atoms with van der Waals surface area (Å²) in [6.45, 7) is 0. The van der Waals surface area contributed by atoms with Crippen LogP contribution in [0.4, 0.5) is 0 Å². The molecule has 0 amide bonds. The van der Waals surface area contributed by atoms with E-state index in [2.05, 4.69) is 34.6 Å². The van der Waals surface area contributed by atoms with Gasteiger partial charge in [-0.05, 0) is 43.1 Å². The van der Waals surface area contributed by atoms with E-state index in [4.69, 9.17) is 4.74 Å². The highest BCUT2D eigenvalue weighted by Gasteiger charge is 2.31. The Labute approximate surface area is 120 Å². The van der Waals surface area contributed by atoms with Gasteiger partial charge in [0.25, 0.3) is 0 Å². The van der Waals surface area contributed by atoms with Crippen molar-refractivity contribution in [2.45, 2.75) is 24.8 Å². The maximum atomic E-state index is 5.47. The highest BCUT2D eigenvalue weighted by molar-refractivity contribution is 5.39. The van der Waals surface area contributed by atoms with Crippen LogP contribution in [-0.2, 0) is 6.42 Å². The standard InChI is InChI=1S/C17H20N2O/c1-18-16(17-15(20-2)8-5-11-19-17)14-10-9-12-6-3-4-7-13(12)14/h3-8,11,14,16,18H,9-10H2,1-2H3. The number of rotatable bonds is 4. The van der Waals surface area contributed by atoms with Gasteiger partial charge in [0, 0.05) is 12.1 Å². The second-order valence-electron chi connectivity index (χ2n) is 5.20. The summed E-state index contributed by atoms with van der Waals surface area (Å²) in [7, 11) is 3.70. The van der Waals surface area contributed by atoms with Crippen molar-refractivity contribution in [3.8, 4) is 5.75 Å². The number of pyridine rings is 1. The van der Waals surface area contributed by atoms with Gasteiger partial charge in [-0.1, -0.05) is 24.3 Å². The van der Waals surface area contributed by atoms with Gasteiger partial charge in [-0.2, -0.15) is 0 Å². The predicted molar refractivity (Wildman–Crippen MR) is 80.1 cm³/mol. The van der Waals surface area contributed by atoms with E-state index in [0.29, 0.717) is 5.92 Å². The molecule has 3 heteroatoms. The van der Waals surface area contributed by atoms with Gasteiger partial charge >= 0.3 is 0 Å². The Morgan fingerprint density at radius 3 is 2.90 bits per heavy atom. The van der Waals surface area contributed by atoms with Gasteiger partial charge < -0.3 is 10.1 Å². The normalized spacial score (nSPS) is 18.6. The molecule has 0 aliphatic heterocycles. The van der Waals surface area contributed by atoms with E-state index in [9.17, 15) is 0 Å². The van der Waals surface area contributed by atoms with Crippen LogP contribution in [0.2, 0.25) is 0 Å². The summed E-state index contributed by atoms with van der Waals surface area (Å²) < 4.78 is 5.47. The summed E-state index contributed by atoms with van der Waals surface area (Å²) in [6.07, 6.45) is 4.14. The van der Waals surface area contributed by atoms with Gasteiger partial charge in [0.05, 0.1) is 18.8 Å². The zero-order valence-corrected chi connectivity index (χ0v) is 12.0. The lowest BCUT2D eigenvalue weighted by atomic mass is 9.90. The SMILES string of the molecule is CNC(c1ncccc1OC)C1CCc2ccccc21. The summed E-state index contributed by atoms with van der Waals surface area (Å²) in [5, 5.41) is 3.43. The van der Waals surface area contributed by atoms with E-state index < -0.39 is 0 Å². The summed E-state index contributed by atoms with van der Waals surface area (Å²) in [5.41, 5.74) is 3.91. The summed E-state index contributed by atoms with van der Waals surface area (Å²) >= 11 is 0. The van der Waals surface area contributed by atoms with E-state index >= 15 is 0 Å². The molecule has 1 aromatic heterocycles. The molecule has 1 N–H and O–H groups in total. The molecule has 3 nitrogen and oxygen atoms in total. The minimum Gasteiger partial charge on any atom is -0.495 e. The monoisotopic (exact) mass is 268 g/mol. The largest absolute Gasteiger partial charge is 0.495 e. The summed E-state index contributed by atoms with van der Waals surface area (Å²) in [4.78, 5) is 4.55. The highest BCUT2D eigenvalue weighted by Crippen LogP contribution is 2.42. The lowest BCUT2D eigenvalue weighted by Gasteiger charge is -2.25. The quantitative estimate of drug-likeness (QED) is 0.925. The number of benzene rings is 1. The fraction of sp³-hybridized carbons (Fsp3) is 0.353. The smallest absolute Gasteiger partial charge is 0.142 e. The molecule has 104 valence electrons. The maximum Gasteiger partial charge on any atom is 0.142 e. The molecule has 1 aliphatic rings. The van der Waals surface area contributed by atoms with Crippen LogP contribution in [0.5, 0.6) is 5.75 Å². The molecule has 2 aromatic rings. The van der Waals surface area contributed by atoms with Crippen LogP contribution in [0.15, 0.2) is 42.6 Å². The third-order valence-electron chi connectivity index (χ3n) is 4.21. The van der Waals surface area contributed by atoms with Crippen LogP contribution < -0.4 is 10.1 Å². The van der Waals surface area contributed by atoms with Crippen molar-refractivity contribution in [3.05, 3.63) is 59.4 Å². The number of aromatic nitrogens is 1. The first-order chi connectivity index (χ1) is 9.85. The van der Waals surface area contributed by atoms with Crippen molar-refractivity contribution in [1.82, 2.24) is 10.3 Å². The van der Waals surface area contributed by atoms with Crippen molar-refractivity contribution in [2.75, 3.05) is 14.2 Å². The second-order valence-corrected chi connectivity index (χ2v) is 5.20. The Balaban J connectivity index is 1.99. The zero-order chi connectivity index (χ0) is 13.9. The zero-order valence-electron chi connectivity index (χ0n) is 12.0. The molecule has 2 atom stereocenters. The number of hydrogen-bond acceptors (Lipinski definition) is 3. The number of methoxy groups -OCH3 is 1. The minimum absolute atomic E-state index is 0.190. The Hall–Kier alpha value is -1.87. The predicted octanol–water partition coefficient (Wildman–Crippen LogP) is 3.08. The molecule has 0 bridgehead atoms. The topological polar surface area (TPSA) is 34.2 Å². The molecule has 1 heterocycles. The third-order valence-corrected chi connectivity index (χ3v) is 4.21. The molecular formula is C17H20N2O. The third kappa shape index (κ3) is 2.18. The average molecular weight is 268 g/mol. The molecule has 0 radical (unpaired) electrons. The Bertz CT molecular complexity index is 597. The van der Waals surface area contributed by atoms with Gasteiger partial charge in [-0.25, -0.2) is 0 Å². The number of fused-ring (bicyclic) bond motifs is 1. The number of aryl methyl sites for hydroxylation is 1. The molecule has 1 aliphatic carbocycles. The number of likely N-dealkylation sites (N-methyl/N-ethyl adjacent to an activating group) is 1. The van der Waals surface area contributed by atoms with Gasteiger partial charge in [0.1, 0.15) is 5.75 Å². The van der Waals surface area contributed by atoms with Crippen LogP contribution >= 0.6 is 0 Å². The van der Waals surface area contributed by atoms with E-state index in [0.717, 1.165) is 24.3 Å². The maximum absolute atomic E-state index is 5.47. The van der Waals surface area contributed by atoms with Crippen LogP contribution in [-0.4, -0.2) is 19.1 Å². The number of nitrogens with one attached hydrogen (secondary N) is 1. The summed E-state index contributed by atoms with van der Waals surface area (Å²) in [6, 6.07) is 12.8. The van der Waals surface area contributed by atoms with Crippen LogP contribution in [0.1, 0.15) is 35.2 Å². The van der Waals surface area contributed by atoms with E-state index in [1.54, 1.807) is 7.11 Å². The van der Waals surface area contributed by atoms with Gasteiger partial charge in [-0.3, -0.25) is 4.98 Å². The van der Waals surface area contributed by atoms with Crippen molar-refractivity contribution in [3.63, 3.8) is 0 Å². The highest BCUT2D eigenvalue weighted by atomic mass is 16.5. The fourth-order valence-corrected chi connectivity index (χ4v) is 3.27. The van der Waals surface area contributed by atoms with Crippen molar-refractivity contribution < 1.29 is 4.74 Å². The van der Waals surface area contributed by atoms with Crippen LogP contribution in [0, 0.1) is 0 Å². The van der Waals surface area contributed by atoms with Gasteiger partial charge in [0.2, 0.25) is 0 Å². The first-order valence-electron chi connectivity index (χ1n) is 7.09. The molecule has 2 unspecified atom stereocenters. The average Bonchev–Trinajstić information content (AvgIpc) is 2.93. The molecule has 0 spiro atoms. The Kier molecular flexibility index (Phi) is 3.70. The fourth-order valence-electron chi connectivity index (χ4n) is 3.27. The lowest BCUT2D eigenvalue weighted by Crippen LogP contribution is -2.24. The minimum atomic E-state index is 0.190. The molecule has 3 rings (SSSR count). The van der Waals surface area contributed by atoms with E-state index in [1.165, 1.54) is 11.1 Å². The van der Waals surface area contributed by atoms with E-state index in [1.807, 2.05) is 25.4 Å². The molecule has 0 saturated carbocycles. The lowest BCUT2D eigenvalue weighted by molar-refractivity contribution is 0.384. The molecule has 0 saturated heterocycles. The van der Waals surface area contributed by atoms with Gasteiger partial charge in [-0.15, -0.1) is 0 Å². The second kappa shape index (κ2) is 5.63. The first kappa shape index (κ1) is 13.1. The van der Waals surface area contributed by atoms with Crippen LogP contribution in [0.25, 0.3) is 0 Å². The molecule has 20 heavy (non-hydrogen) atoms. The van der Waals surface area contributed by atoms with Crippen molar-refractivity contribution >= 4 is 0 Å². The number of ether oxygens (including phenoxy) is 1. The van der Waals surface area contributed by atoms with Crippen molar-refractivity contribution in [2.24, 2.45) is 0 Å². The van der Waals surface area contributed by atoms with Crippen molar-refractivity contribution in [1.29, 1.82) is 0 Å². The number of hydrogen-bond donors (Lipinski definition) is 1. The number of nitrogens with zero attached hydrogens (tertiary/aromatic N) is 1. The molecular weight excluding hydrogens is 248 g/mol. The van der Waals surface area contributed by atoms with Gasteiger partial charge in [0.15, 0.2) is 0 Å². The Morgan fingerprint density at radius 1 is 1.25 bits per heavy atom.